The van der Waals surface area contributed by atoms with Crippen molar-refractivity contribution in [3.8, 4) is 5.75 Å². The molecule has 2 N–H and O–H groups in total. The molecule has 0 saturated carbocycles. The third kappa shape index (κ3) is 4.01. The first kappa shape index (κ1) is 19.9. The van der Waals surface area contributed by atoms with Gasteiger partial charge < -0.3 is 19.9 Å². The first-order valence-corrected chi connectivity index (χ1v) is 9.93. The number of nitrogens with one attached hydrogen (secondary N) is 2. The van der Waals surface area contributed by atoms with E-state index in [4.69, 9.17) is 4.74 Å². The number of likely N-dealkylation sites (tertiary alicyclic amines) is 1. The Kier molecular flexibility index (Phi) is 5.44. The van der Waals surface area contributed by atoms with Gasteiger partial charge in [0.2, 0.25) is 11.8 Å². The summed E-state index contributed by atoms with van der Waals surface area (Å²) in [6, 6.07) is 10.2. The van der Waals surface area contributed by atoms with Crippen molar-refractivity contribution in [2.24, 2.45) is 5.92 Å². The molecule has 1 atom stereocenters. The molecular weight excluding hydrogens is 385 g/mol. The molecule has 1 fully saturated rings. The van der Waals surface area contributed by atoms with E-state index < -0.39 is 5.92 Å². The number of methoxy groups -OCH3 is 1. The minimum atomic E-state index is -0.414. The lowest BCUT2D eigenvalue weighted by molar-refractivity contribution is -0.128. The number of ether oxygens (including phenoxy) is 1. The van der Waals surface area contributed by atoms with Crippen LogP contribution in [0.15, 0.2) is 42.6 Å². The average Bonchev–Trinajstić information content (AvgIpc) is 3.29. The van der Waals surface area contributed by atoms with Crippen LogP contribution in [0.4, 0.5) is 10.1 Å². The van der Waals surface area contributed by atoms with Gasteiger partial charge in [0.05, 0.1) is 18.7 Å². The van der Waals surface area contributed by atoms with Gasteiger partial charge >= 0.3 is 0 Å². The van der Waals surface area contributed by atoms with Crippen molar-refractivity contribution in [3.05, 3.63) is 59.5 Å². The lowest BCUT2D eigenvalue weighted by Gasteiger charge is -2.17. The molecule has 30 heavy (non-hydrogen) atoms. The highest BCUT2D eigenvalue weighted by molar-refractivity contribution is 5.98. The number of halogens is 1. The Balaban J connectivity index is 1.39. The quantitative estimate of drug-likeness (QED) is 0.653. The van der Waals surface area contributed by atoms with Crippen LogP contribution in [0.3, 0.4) is 0 Å². The highest BCUT2D eigenvalue weighted by Gasteiger charge is 2.34. The van der Waals surface area contributed by atoms with Crippen molar-refractivity contribution in [1.82, 2.24) is 9.88 Å². The fourth-order valence-corrected chi connectivity index (χ4v) is 3.93. The molecule has 6 nitrogen and oxygen atoms in total. The van der Waals surface area contributed by atoms with Crippen molar-refractivity contribution in [1.29, 1.82) is 0 Å². The maximum atomic E-state index is 13.6. The molecule has 2 amide bonds. The molecule has 156 valence electrons. The Labute approximate surface area is 174 Å². The molecule has 0 spiro atoms. The molecule has 0 unspecified atom stereocenters. The van der Waals surface area contributed by atoms with Gasteiger partial charge in [-0.15, -0.1) is 0 Å². The van der Waals surface area contributed by atoms with Crippen molar-refractivity contribution in [3.63, 3.8) is 0 Å². The number of anilines is 1. The summed E-state index contributed by atoms with van der Waals surface area (Å²) < 4.78 is 18.9. The fraction of sp³-hybridized carbons (Fsp3) is 0.304. The highest BCUT2D eigenvalue weighted by atomic mass is 19.1. The van der Waals surface area contributed by atoms with E-state index in [2.05, 4.69) is 10.3 Å². The van der Waals surface area contributed by atoms with E-state index in [0.717, 1.165) is 22.0 Å². The van der Waals surface area contributed by atoms with Gasteiger partial charge in [0.25, 0.3) is 0 Å². The Morgan fingerprint density at radius 2 is 2.13 bits per heavy atom. The molecule has 1 saturated heterocycles. The summed E-state index contributed by atoms with van der Waals surface area (Å²) >= 11 is 0. The zero-order chi connectivity index (χ0) is 21.3. The number of nitrogens with zero attached hydrogens (tertiary/aromatic N) is 1. The van der Waals surface area contributed by atoms with Gasteiger partial charge in [0.15, 0.2) is 0 Å². The number of amides is 2. The second-order valence-corrected chi connectivity index (χ2v) is 7.69. The van der Waals surface area contributed by atoms with Crippen LogP contribution >= 0.6 is 0 Å². The molecule has 2 heterocycles. The van der Waals surface area contributed by atoms with Crippen LogP contribution in [0, 0.1) is 18.7 Å². The van der Waals surface area contributed by atoms with Crippen molar-refractivity contribution in [2.45, 2.75) is 19.8 Å². The van der Waals surface area contributed by atoms with Crippen molar-refractivity contribution in [2.75, 3.05) is 25.5 Å². The third-order valence-electron chi connectivity index (χ3n) is 5.58. The van der Waals surface area contributed by atoms with E-state index in [9.17, 15) is 14.0 Å². The number of fused-ring (bicyclic) bond motifs is 1. The van der Waals surface area contributed by atoms with Gasteiger partial charge in [-0.05, 0) is 54.8 Å². The lowest BCUT2D eigenvalue weighted by Crippen LogP contribution is -2.30. The summed E-state index contributed by atoms with van der Waals surface area (Å²) in [6.45, 7) is 2.79. The number of H-pyrrole nitrogens is 1. The minimum absolute atomic E-state index is 0.0441. The molecule has 3 aromatic rings. The summed E-state index contributed by atoms with van der Waals surface area (Å²) in [4.78, 5) is 30.0. The smallest absolute Gasteiger partial charge is 0.229 e. The number of aromatic amines is 1. The number of aromatic nitrogens is 1. The van der Waals surface area contributed by atoms with E-state index in [-0.39, 0.29) is 24.1 Å². The molecular formula is C23H24FN3O3. The molecule has 0 radical (unpaired) electrons. The maximum Gasteiger partial charge on any atom is 0.229 e. The molecule has 1 aliphatic rings. The maximum absolute atomic E-state index is 13.6. The Hall–Kier alpha value is -3.35. The molecule has 4 rings (SSSR count). The number of benzene rings is 2. The number of rotatable bonds is 6. The normalized spacial score (nSPS) is 16.3. The van der Waals surface area contributed by atoms with Crippen molar-refractivity contribution >= 4 is 28.4 Å². The molecule has 2 aromatic carbocycles. The third-order valence-corrected chi connectivity index (χ3v) is 5.58. The monoisotopic (exact) mass is 409 g/mol. The number of aryl methyl sites for hydroxylation is 1. The largest absolute Gasteiger partial charge is 0.495 e. The zero-order valence-electron chi connectivity index (χ0n) is 17.0. The summed E-state index contributed by atoms with van der Waals surface area (Å²) in [5.41, 5.74) is 3.43. The van der Waals surface area contributed by atoms with E-state index in [1.165, 1.54) is 12.1 Å². The van der Waals surface area contributed by atoms with E-state index in [0.29, 0.717) is 30.9 Å². The first-order valence-electron chi connectivity index (χ1n) is 9.93. The van der Waals surface area contributed by atoms with Gasteiger partial charge in [-0.2, -0.15) is 0 Å². The molecule has 1 aliphatic heterocycles. The summed E-state index contributed by atoms with van der Waals surface area (Å²) in [7, 11) is 1.55. The van der Waals surface area contributed by atoms with Crippen LogP contribution in [0.1, 0.15) is 17.5 Å². The standard InChI is InChI=1S/C23H24FN3O3/c1-14-3-6-21(30-2)20(9-14)26-23(29)16-10-22(28)27(13-16)8-7-15-12-25-19-5-4-17(24)11-18(15)19/h3-6,9,11-12,16,25H,7-8,10,13H2,1-2H3,(H,26,29)/t16-/m1/s1. The zero-order valence-corrected chi connectivity index (χ0v) is 17.0. The van der Waals surface area contributed by atoms with Crippen LogP contribution in [-0.4, -0.2) is 41.9 Å². The van der Waals surface area contributed by atoms with Crippen LogP contribution < -0.4 is 10.1 Å². The predicted octanol–water partition coefficient (Wildman–Crippen LogP) is 3.65. The summed E-state index contributed by atoms with van der Waals surface area (Å²) in [6.07, 6.45) is 2.62. The second-order valence-electron chi connectivity index (χ2n) is 7.69. The topological polar surface area (TPSA) is 74.4 Å². The number of carbonyl (C=O) groups is 2. The fourth-order valence-electron chi connectivity index (χ4n) is 3.93. The lowest BCUT2D eigenvalue weighted by atomic mass is 10.1. The highest BCUT2D eigenvalue weighted by Crippen LogP contribution is 2.28. The van der Waals surface area contributed by atoms with Crippen molar-refractivity contribution < 1.29 is 18.7 Å². The van der Waals surface area contributed by atoms with Crippen LogP contribution in [0.25, 0.3) is 10.9 Å². The second kappa shape index (κ2) is 8.18. The number of carbonyl (C=O) groups excluding carboxylic acids is 2. The minimum Gasteiger partial charge on any atom is -0.495 e. The van der Waals surface area contributed by atoms with Crippen LogP contribution in [0.2, 0.25) is 0 Å². The van der Waals surface area contributed by atoms with Gasteiger partial charge in [-0.25, -0.2) is 4.39 Å². The predicted molar refractivity (Wildman–Crippen MR) is 113 cm³/mol. The Bertz CT molecular complexity index is 1110. The molecule has 0 bridgehead atoms. The molecule has 1 aromatic heterocycles. The van der Waals surface area contributed by atoms with Gasteiger partial charge in [-0.3, -0.25) is 9.59 Å². The van der Waals surface area contributed by atoms with Crippen LogP contribution in [0.5, 0.6) is 5.75 Å². The average molecular weight is 409 g/mol. The van der Waals surface area contributed by atoms with E-state index in [1.54, 1.807) is 24.1 Å². The van der Waals surface area contributed by atoms with Gasteiger partial charge in [0, 0.05) is 36.6 Å². The summed E-state index contributed by atoms with van der Waals surface area (Å²) in [5.74, 6) is -0.352. The van der Waals surface area contributed by atoms with E-state index >= 15 is 0 Å². The first-order chi connectivity index (χ1) is 14.4. The Morgan fingerprint density at radius 1 is 1.30 bits per heavy atom. The number of hydrogen-bond acceptors (Lipinski definition) is 3. The summed E-state index contributed by atoms with van der Waals surface area (Å²) in [5, 5.41) is 3.72. The molecule has 0 aliphatic carbocycles. The SMILES string of the molecule is COc1ccc(C)cc1NC(=O)[C@@H]1CC(=O)N(CCc2c[nH]c3ccc(F)cc23)C1. The van der Waals surface area contributed by atoms with E-state index in [1.807, 2.05) is 25.3 Å². The molecule has 7 heteroatoms. The van der Waals surface area contributed by atoms with Gasteiger partial charge in [-0.1, -0.05) is 6.07 Å². The van der Waals surface area contributed by atoms with Gasteiger partial charge in [0.1, 0.15) is 11.6 Å². The van der Waals surface area contributed by atoms with Crippen LogP contribution in [-0.2, 0) is 16.0 Å². The number of hydrogen-bond donors (Lipinski definition) is 2. The Morgan fingerprint density at radius 3 is 2.93 bits per heavy atom.